The van der Waals surface area contributed by atoms with Gasteiger partial charge in [0.25, 0.3) is 0 Å². The number of carbonyl (C=O) groups excluding carboxylic acids is 1. The molecule has 0 amide bonds. The number of sulfone groups is 1. The summed E-state index contributed by atoms with van der Waals surface area (Å²) in [5.74, 6) is -1.50. The molecular weight excluding hydrogens is 658 g/mol. The predicted octanol–water partition coefficient (Wildman–Crippen LogP) is 3.66. The molecule has 0 bridgehead atoms. The molecule has 0 spiro atoms. The van der Waals surface area contributed by atoms with Crippen molar-refractivity contribution in [3.8, 4) is 22.3 Å². The summed E-state index contributed by atoms with van der Waals surface area (Å²) in [5.41, 5.74) is 4.79. The van der Waals surface area contributed by atoms with Gasteiger partial charge in [-0.25, -0.2) is 17.2 Å². The second-order valence-corrected chi connectivity index (χ2v) is 13.1. The second-order valence-electron chi connectivity index (χ2n) is 10.1. The summed E-state index contributed by atoms with van der Waals surface area (Å²) >= 11 is -2.28. The Bertz CT molecular complexity index is 2180. The molecule has 0 N–H and O–H groups in total. The first kappa shape index (κ1) is 35.9. The number of benzene rings is 4. The van der Waals surface area contributed by atoms with Crippen LogP contribution in [0.1, 0.15) is 6.42 Å². The Morgan fingerprint density at radius 3 is 1.70 bits per heavy atom. The minimum Gasteiger partial charge on any atom is -0.768 e. The van der Waals surface area contributed by atoms with Crippen LogP contribution >= 0.6 is 0 Å². The van der Waals surface area contributed by atoms with E-state index in [4.69, 9.17) is 0 Å². The van der Waals surface area contributed by atoms with Crippen LogP contribution in [0.3, 0.4) is 0 Å². The van der Waals surface area contributed by atoms with Gasteiger partial charge < -0.3 is 9.29 Å². The first-order valence-electron chi connectivity index (χ1n) is 13.7. The van der Waals surface area contributed by atoms with Crippen molar-refractivity contribution >= 4 is 48.7 Å². The van der Waals surface area contributed by atoms with Crippen LogP contribution in [0.5, 0.6) is 0 Å². The van der Waals surface area contributed by atoms with E-state index in [0.717, 1.165) is 27.6 Å². The van der Waals surface area contributed by atoms with Gasteiger partial charge >= 0.3 is 35.5 Å². The Morgan fingerprint density at radius 1 is 0.745 bits per heavy atom. The van der Waals surface area contributed by atoms with Crippen molar-refractivity contribution in [2.24, 2.45) is 0 Å². The van der Waals surface area contributed by atoms with Crippen LogP contribution < -0.4 is 29.6 Å². The Kier molecular flexibility index (Phi) is 12.1. The van der Waals surface area contributed by atoms with E-state index in [-0.39, 0.29) is 63.2 Å². The number of carbonyl (C=O) groups is 1. The van der Waals surface area contributed by atoms with E-state index in [9.17, 15) is 30.8 Å². The number of pyridine rings is 2. The number of ether oxygens (including phenoxy) is 1. The SMILES string of the molecule is COC(=O)CCS(=O)(=O)c1cnc2cc(-c3ccc(F)cc3)ccc2c1.O=S([O-])c1cnc2cc(-c3ccc(F)cc3)ccc2c1.[Na+]. The molecule has 13 heteroatoms. The standard InChI is InChI=1S/C19H16FNO4S.C15H10FNO2S.Na/c1-25-19(22)8-9-26(23,24)17-10-15-3-2-14(11-18(15)21-12-17)13-4-6-16(20)7-5-13;16-13-5-3-10(4-6-13)11-1-2-12-7-14(20(18)19)9-17-15(12)8-11;/h2-7,10-12H,8-9H2,1H3;1-9H,(H,18,19);/q;;+1/p-1. The van der Waals surface area contributed by atoms with Gasteiger partial charge in [-0.3, -0.25) is 19.0 Å². The molecular formula is C34H25F2N2NaO6S2. The molecule has 47 heavy (non-hydrogen) atoms. The van der Waals surface area contributed by atoms with Crippen LogP contribution in [0.2, 0.25) is 0 Å². The largest absolute Gasteiger partial charge is 1.00 e. The number of methoxy groups -OCH3 is 1. The summed E-state index contributed by atoms with van der Waals surface area (Å²) in [7, 11) is -2.42. The van der Waals surface area contributed by atoms with Crippen molar-refractivity contribution in [2.75, 3.05) is 12.9 Å². The van der Waals surface area contributed by atoms with Gasteiger partial charge in [0.05, 0.1) is 35.2 Å². The maximum absolute atomic E-state index is 13.0. The van der Waals surface area contributed by atoms with Crippen LogP contribution in [0.15, 0.2) is 119 Å². The normalized spacial score (nSPS) is 11.7. The van der Waals surface area contributed by atoms with E-state index in [1.807, 2.05) is 24.3 Å². The van der Waals surface area contributed by atoms with Gasteiger partial charge in [-0.2, -0.15) is 0 Å². The quantitative estimate of drug-likeness (QED) is 0.142. The first-order chi connectivity index (χ1) is 22.0. The zero-order chi connectivity index (χ0) is 32.8. The minimum absolute atomic E-state index is 0. The van der Waals surface area contributed by atoms with E-state index >= 15 is 0 Å². The predicted molar refractivity (Wildman–Crippen MR) is 170 cm³/mol. The number of rotatable bonds is 7. The van der Waals surface area contributed by atoms with Gasteiger partial charge in [-0.1, -0.05) is 48.5 Å². The molecule has 2 heterocycles. The van der Waals surface area contributed by atoms with Gasteiger partial charge in [0.15, 0.2) is 9.84 Å². The first-order valence-corrected chi connectivity index (χ1v) is 16.5. The van der Waals surface area contributed by atoms with Crippen LogP contribution in [-0.4, -0.2) is 46.0 Å². The van der Waals surface area contributed by atoms with Gasteiger partial charge in [-0.05, 0) is 81.9 Å². The molecule has 0 saturated heterocycles. The number of aromatic nitrogens is 2. The zero-order valence-electron chi connectivity index (χ0n) is 25.2. The number of nitrogens with zero attached hydrogens (tertiary/aromatic N) is 2. The van der Waals surface area contributed by atoms with Gasteiger partial charge in [-0.15, -0.1) is 0 Å². The van der Waals surface area contributed by atoms with Crippen LogP contribution in [0.4, 0.5) is 8.78 Å². The zero-order valence-corrected chi connectivity index (χ0v) is 28.9. The summed E-state index contributed by atoms with van der Waals surface area (Å²) in [6, 6.07) is 26.3. The van der Waals surface area contributed by atoms with Crippen molar-refractivity contribution in [3.05, 3.63) is 121 Å². The van der Waals surface area contributed by atoms with Crippen LogP contribution in [-0.2, 0) is 30.4 Å². The molecule has 0 aliphatic carbocycles. The molecule has 0 radical (unpaired) electrons. The van der Waals surface area contributed by atoms with E-state index < -0.39 is 26.9 Å². The maximum atomic E-state index is 13.0. The average Bonchev–Trinajstić information content (AvgIpc) is 3.07. The van der Waals surface area contributed by atoms with Crippen molar-refractivity contribution in [3.63, 3.8) is 0 Å². The van der Waals surface area contributed by atoms with E-state index in [0.29, 0.717) is 16.4 Å². The van der Waals surface area contributed by atoms with E-state index in [1.54, 1.807) is 42.5 Å². The summed E-state index contributed by atoms with van der Waals surface area (Å²) in [4.78, 5) is 19.8. The Balaban J connectivity index is 0.000000215. The number of fused-ring (bicyclic) bond motifs is 2. The summed E-state index contributed by atoms with van der Waals surface area (Å²) in [5, 5.41) is 1.41. The summed E-state index contributed by atoms with van der Waals surface area (Å²) in [6.45, 7) is 0. The van der Waals surface area contributed by atoms with Gasteiger partial charge in [0.2, 0.25) is 0 Å². The molecule has 234 valence electrons. The number of hydrogen-bond acceptors (Lipinski definition) is 8. The van der Waals surface area contributed by atoms with Crippen molar-refractivity contribution in [1.29, 1.82) is 0 Å². The van der Waals surface area contributed by atoms with Crippen molar-refractivity contribution in [2.45, 2.75) is 16.2 Å². The monoisotopic (exact) mass is 682 g/mol. The Morgan fingerprint density at radius 2 is 1.21 bits per heavy atom. The molecule has 2 aromatic heterocycles. The minimum atomic E-state index is -3.63. The fraction of sp³-hybridized carbons (Fsp3) is 0.0882. The van der Waals surface area contributed by atoms with E-state index in [2.05, 4.69) is 14.7 Å². The smallest absolute Gasteiger partial charge is 0.768 e. The fourth-order valence-corrected chi connectivity index (χ4v) is 6.10. The van der Waals surface area contributed by atoms with Crippen LogP contribution in [0, 0.1) is 11.6 Å². The molecule has 6 rings (SSSR count). The summed E-state index contributed by atoms with van der Waals surface area (Å²) in [6.07, 6.45) is 2.39. The molecule has 4 aromatic carbocycles. The van der Waals surface area contributed by atoms with Crippen molar-refractivity contribution < 1.29 is 65.0 Å². The molecule has 1 unspecified atom stereocenters. The van der Waals surface area contributed by atoms with Gasteiger partial charge in [0, 0.05) is 28.1 Å². The molecule has 0 aliphatic rings. The third-order valence-corrected chi connectivity index (χ3v) is 9.32. The number of hydrogen-bond donors (Lipinski definition) is 0. The number of halogens is 2. The molecule has 0 aliphatic heterocycles. The third kappa shape index (κ3) is 9.13. The summed E-state index contributed by atoms with van der Waals surface area (Å²) < 4.78 is 76.9. The average molecular weight is 683 g/mol. The van der Waals surface area contributed by atoms with Crippen molar-refractivity contribution in [1.82, 2.24) is 9.97 Å². The molecule has 0 fully saturated rings. The third-order valence-electron chi connectivity index (χ3n) is 7.03. The number of esters is 1. The molecule has 1 atom stereocenters. The second kappa shape index (κ2) is 15.8. The van der Waals surface area contributed by atoms with E-state index in [1.165, 1.54) is 49.8 Å². The Labute approximate surface area is 294 Å². The topological polar surface area (TPSA) is 126 Å². The Hall–Kier alpha value is -3.91. The molecule has 0 saturated carbocycles. The van der Waals surface area contributed by atoms with Crippen LogP contribution in [0.25, 0.3) is 44.1 Å². The molecule has 6 aromatic rings. The maximum Gasteiger partial charge on any atom is 1.00 e. The van der Waals surface area contributed by atoms with Gasteiger partial charge in [0.1, 0.15) is 11.6 Å². The fourth-order valence-electron chi connectivity index (χ4n) is 4.55. The molecule has 8 nitrogen and oxygen atoms in total.